The lowest BCUT2D eigenvalue weighted by atomic mass is 9.80. The Morgan fingerprint density at radius 3 is 2.61 bits per heavy atom. The van der Waals surface area contributed by atoms with Crippen LogP contribution in [0.1, 0.15) is 78.6 Å². The summed E-state index contributed by atoms with van der Waals surface area (Å²) in [5, 5.41) is 28.4. The van der Waals surface area contributed by atoms with Crippen molar-refractivity contribution in [2.45, 2.75) is 90.8 Å². The van der Waals surface area contributed by atoms with Crippen LogP contribution in [0.2, 0.25) is 0 Å². The Bertz CT molecular complexity index is 549. The van der Waals surface area contributed by atoms with Gasteiger partial charge in [-0.15, -0.1) is 0 Å². The highest BCUT2D eigenvalue weighted by molar-refractivity contribution is 5.83. The molecule has 5 nitrogen and oxygen atoms in total. The van der Waals surface area contributed by atoms with E-state index in [0.29, 0.717) is 25.7 Å². The van der Waals surface area contributed by atoms with Crippen molar-refractivity contribution in [2.75, 3.05) is 0 Å². The number of unbranched alkanes of at least 4 members (excludes halogenated alkanes) is 1. The van der Waals surface area contributed by atoms with E-state index in [-0.39, 0.29) is 35.6 Å². The molecule has 0 heterocycles. The summed E-state index contributed by atoms with van der Waals surface area (Å²) in [5.41, 5.74) is -0.103. The number of hydrogen-bond donors (Lipinski definition) is 3. The molecule has 4 atom stereocenters. The first-order chi connectivity index (χ1) is 13.2. The molecule has 3 N–H and O–H groups in total. The highest BCUT2D eigenvalue weighted by Crippen LogP contribution is 2.34. The highest BCUT2D eigenvalue weighted by atomic mass is 16.4. The number of carbonyl (C=O) groups is 2. The van der Waals surface area contributed by atoms with Crippen LogP contribution in [0.15, 0.2) is 24.3 Å². The van der Waals surface area contributed by atoms with Crippen molar-refractivity contribution in [3.05, 3.63) is 24.3 Å². The van der Waals surface area contributed by atoms with E-state index in [1.807, 2.05) is 18.2 Å². The van der Waals surface area contributed by atoms with Crippen molar-refractivity contribution in [3.8, 4) is 0 Å². The van der Waals surface area contributed by atoms with Crippen molar-refractivity contribution in [1.82, 2.24) is 0 Å². The molecule has 0 aromatic rings. The van der Waals surface area contributed by atoms with E-state index in [4.69, 9.17) is 5.11 Å². The van der Waals surface area contributed by atoms with Crippen molar-refractivity contribution in [3.63, 3.8) is 0 Å². The van der Waals surface area contributed by atoms with Gasteiger partial charge >= 0.3 is 5.97 Å². The van der Waals surface area contributed by atoms with Crippen molar-refractivity contribution < 1.29 is 24.9 Å². The van der Waals surface area contributed by atoms with Gasteiger partial charge in [0.1, 0.15) is 5.78 Å². The Balaban J connectivity index is 2.48. The zero-order valence-corrected chi connectivity index (χ0v) is 17.6. The molecule has 1 aliphatic carbocycles. The number of aliphatic hydroxyl groups is 2. The molecule has 0 aromatic carbocycles. The lowest BCUT2D eigenvalue weighted by molar-refractivity contribution is -0.146. The molecule has 28 heavy (non-hydrogen) atoms. The van der Waals surface area contributed by atoms with Gasteiger partial charge in [0.15, 0.2) is 6.10 Å². The van der Waals surface area contributed by atoms with E-state index in [0.717, 1.165) is 25.7 Å². The first-order valence-corrected chi connectivity index (χ1v) is 10.6. The van der Waals surface area contributed by atoms with E-state index >= 15 is 0 Å². The Hall–Kier alpha value is -1.46. The van der Waals surface area contributed by atoms with Crippen LogP contribution < -0.4 is 0 Å². The zero-order valence-electron chi connectivity index (χ0n) is 17.6. The fraction of sp³-hybridized carbons (Fsp3) is 0.739. The first-order valence-electron chi connectivity index (χ1n) is 10.6. The monoisotopic (exact) mass is 394 g/mol. The smallest absolute Gasteiger partial charge is 0.332 e. The number of carboxylic acids is 1. The Kier molecular flexibility index (Phi) is 10.7. The normalized spacial score (nSPS) is 23.0. The molecule has 0 spiro atoms. The van der Waals surface area contributed by atoms with E-state index in [1.165, 1.54) is 0 Å². The average Bonchev–Trinajstić information content (AvgIpc) is 2.99. The summed E-state index contributed by atoms with van der Waals surface area (Å²) in [5.74, 6) is -0.770. The number of aliphatic hydroxyl groups excluding tert-OH is 2. The summed E-state index contributed by atoms with van der Waals surface area (Å²) in [4.78, 5) is 22.8. The predicted octanol–water partition coefficient (Wildman–Crippen LogP) is 4.28. The first kappa shape index (κ1) is 24.6. The van der Waals surface area contributed by atoms with Crippen LogP contribution in [0.4, 0.5) is 0 Å². The maximum atomic E-state index is 12.2. The second kappa shape index (κ2) is 12.2. The molecule has 1 fully saturated rings. The Labute approximate surface area is 169 Å². The van der Waals surface area contributed by atoms with E-state index in [1.54, 1.807) is 0 Å². The summed E-state index contributed by atoms with van der Waals surface area (Å²) in [6.45, 7) is 6.37. The molecular formula is C23H38O5. The maximum absolute atomic E-state index is 12.2. The molecule has 1 rings (SSSR count). The molecule has 0 amide bonds. The van der Waals surface area contributed by atoms with Crippen LogP contribution in [0.25, 0.3) is 0 Å². The molecule has 1 saturated carbocycles. The lowest BCUT2D eigenvalue weighted by Crippen LogP contribution is -2.28. The van der Waals surface area contributed by atoms with Crippen LogP contribution in [0, 0.1) is 17.3 Å². The summed E-state index contributed by atoms with van der Waals surface area (Å²) in [6, 6.07) is 0. The van der Waals surface area contributed by atoms with Gasteiger partial charge in [-0.1, -0.05) is 57.9 Å². The fourth-order valence-electron chi connectivity index (χ4n) is 3.71. The summed E-state index contributed by atoms with van der Waals surface area (Å²) >= 11 is 0. The predicted molar refractivity (Wildman–Crippen MR) is 111 cm³/mol. The molecule has 0 bridgehead atoms. The quantitative estimate of drug-likeness (QED) is 0.405. The average molecular weight is 395 g/mol. The topological polar surface area (TPSA) is 94.8 Å². The number of allylic oxidation sites excluding steroid dienone is 3. The Morgan fingerprint density at radius 1 is 1.25 bits per heavy atom. The molecule has 2 unspecified atom stereocenters. The van der Waals surface area contributed by atoms with Crippen molar-refractivity contribution in [1.29, 1.82) is 0 Å². The third-order valence-corrected chi connectivity index (χ3v) is 5.92. The van der Waals surface area contributed by atoms with Gasteiger partial charge in [-0.05, 0) is 49.9 Å². The second-order valence-electron chi connectivity index (χ2n) is 8.69. The van der Waals surface area contributed by atoms with Gasteiger partial charge in [-0.25, -0.2) is 4.79 Å². The molecule has 1 aliphatic rings. The minimum absolute atomic E-state index is 0.0397. The number of Topliss-reactive ketones (excluding diaryl/α,β-unsaturated/α-hetero) is 1. The van der Waals surface area contributed by atoms with Gasteiger partial charge in [-0.3, -0.25) is 4.79 Å². The van der Waals surface area contributed by atoms with Crippen LogP contribution in [-0.2, 0) is 9.59 Å². The molecular weight excluding hydrogens is 356 g/mol. The highest BCUT2D eigenvalue weighted by Gasteiger charge is 2.32. The molecule has 0 aromatic heterocycles. The largest absolute Gasteiger partial charge is 0.479 e. The van der Waals surface area contributed by atoms with Gasteiger partial charge in [0.05, 0.1) is 6.10 Å². The Morgan fingerprint density at radius 2 is 1.96 bits per heavy atom. The number of ketones is 1. The fourth-order valence-corrected chi connectivity index (χ4v) is 3.71. The minimum Gasteiger partial charge on any atom is -0.479 e. The summed E-state index contributed by atoms with van der Waals surface area (Å²) < 4.78 is 0. The van der Waals surface area contributed by atoms with Gasteiger partial charge in [0.2, 0.25) is 0 Å². The molecule has 0 aliphatic heterocycles. The number of aliphatic carboxylic acids is 1. The maximum Gasteiger partial charge on any atom is 0.332 e. The lowest BCUT2D eigenvalue weighted by Gasteiger charge is -2.30. The molecule has 0 saturated heterocycles. The molecule has 0 radical (unpaired) electrons. The zero-order chi connectivity index (χ0) is 21.2. The standard InChI is InChI=1S/C23H38O5/c1-4-5-16-23(2,3)21(26)13-9-10-17-14-15-19(24)18(17)11-7-6-8-12-20(25)22(27)28/h6-7,9-10,17-18,20-21,25-26H,4-5,8,11-16H2,1-3H3,(H,27,28)/t17-,18+,20?,21?/m0/s1. The van der Waals surface area contributed by atoms with Gasteiger partial charge in [-0.2, -0.15) is 0 Å². The molecule has 160 valence electrons. The van der Waals surface area contributed by atoms with Crippen molar-refractivity contribution >= 4 is 11.8 Å². The second-order valence-corrected chi connectivity index (χ2v) is 8.69. The van der Waals surface area contributed by atoms with E-state index in [2.05, 4.69) is 26.8 Å². The number of carboxylic acid groups (broad SMARTS) is 1. The van der Waals surface area contributed by atoms with E-state index in [9.17, 15) is 19.8 Å². The van der Waals surface area contributed by atoms with Crippen LogP contribution in [0.5, 0.6) is 0 Å². The van der Waals surface area contributed by atoms with Gasteiger partial charge in [0.25, 0.3) is 0 Å². The van der Waals surface area contributed by atoms with E-state index < -0.39 is 12.1 Å². The minimum atomic E-state index is -1.33. The third kappa shape index (κ3) is 8.27. The van der Waals surface area contributed by atoms with Crippen LogP contribution in [0.3, 0.4) is 0 Å². The van der Waals surface area contributed by atoms with Crippen LogP contribution >= 0.6 is 0 Å². The SMILES string of the molecule is CCCCC(C)(C)C(O)CC=C[C@H]1CCC(=O)[C@@H]1CC=CCCC(O)C(=O)O. The summed E-state index contributed by atoms with van der Waals surface area (Å²) in [6.07, 6.45) is 12.8. The van der Waals surface area contributed by atoms with Crippen molar-refractivity contribution in [2.24, 2.45) is 17.3 Å². The number of carbonyl (C=O) groups excluding carboxylic acids is 1. The third-order valence-electron chi connectivity index (χ3n) is 5.92. The van der Waals surface area contributed by atoms with Gasteiger partial charge < -0.3 is 15.3 Å². The van der Waals surface area contributed by atoms with Crippen LogP contribution in [-0.4, -0.2) is 39.3 Å². The number of hydrogen-bond acceptors (Lipinski definition) is 4. The summed E-state index contributed by atoms with van der Waals surface area (Å²) in [7, 11) is 0. The van der Waals surface area contributed by atoms with Gasteiger partial charge in [0, 0.05) is 12.3 Å². The number of rotatable bonds is 13. The molecule has 5 heteroatoms.